The lowest BCUT2D eigenvalue weighted by Gasteiger charge is -2.05. The smallest absolute Gasteiger partial charge is 0.152 e. The van der Waals surface area contributed by atoms with Gasteiger partial charge in [-0.15, -0.1) is 0 Å². The van der Waals surface area contributed by atoms with Crippen LogP contribution in [0, 0.1) is 3.70 Å². The van der Waals surface area contributed by atoms with Gasteiger partial charge in [-0.3, -0.25) is 0 Å². The van der Waals surface area contributed by atoms with E-state index in [-0.39, 0.29) is 0 Å². The first-order chi connectivity index (χ1) is 5.75. The molecular formula is C8H7BrINO. The Morgan fingerprint density at radius 3 is 3.00 bits per heavy atom. The number of nitrogens with zero attached hydrogens (tertiary/aromatic N) is 1. The minimum Gasteiger partial charge on any atom is -0.488 e. The van der Waals surface area contributed by atoms with Crippen molar-refractivity contribution in [1.82, 2.24) is 4.98 Å². The minimum atomic E-state index is 0.439. The number of hydrogen-bond acceptors (Lipinski definition) is 2. The maximum absolute atomic E-state index is 5.64. The van der Waals surface area contributed by atoms with E-state index in [4.69, 9.17) is 4.74 Å². The molecule has 0 saturated heterocycles. The Hall–Kier alpha value is 0.160. The molecular weight excluding hydrogens is 333 g/mol. The van der Waals surface area contributed by atoms with Crippen LogP contribution >= 0.6 is 38.5 Å². The van der Waals surface area contributed by atoms with Crippen LogP contribution in [0.25, 0.3) is 0 Å². The summed E-state index contributed by atoms with van der Waals surface area (Å²) < 4.78 is 7.54. The van der Waals surface area contributed by atoms with Crippen molar-refractivity contribution in [2.45, 2.75) is 18.9 Å². The lowest BCUT2D eigenvalue weighted by molar-refractivity contribution is 0.299. The quantitative estimate of drug-likeness (QED) is 0.610. The molecule has 0 aliphatic heterocycles. The highest BCUT2D eigenvalue weighted by molar-refractivity contribution is 14.1. The van der Waals surface area contributed by atoms with E-state index in [0.717, 1.165) is 13.9 Å². The molecule has 0 unspecified atom stereocenters. The first-order valence-corrected chi connectivity index (χ1v) is 5.60. The highest BCUT2D eigenvalue weighted by Crippen LogP contribution is 2.30. The molecule has 0 N–H and O–H groups in total. The van der Waals surface area contributed by atoms with Gasteiger partial charge < -0.3 is 4.74 Å². The maximum atomic E-state index is 5.64. The summed E-state index contributed by atoms with van der Waals surface area (Å²) in [5, 5.41) is 0. The molecule has 0 amide bonds. The monoisotopic (exact) mass is 339 g/mol. The van der Waals surface area contributed by atoms with E-state index in [1.165, 1.54) is 12.8 Å². The summed E-state index contributed by atoms with van der Waals surface area (Å²) >= 11 is 5.54. The first kappa shape index (κ1) is 8.74. The van der Waals surface area contributed by atoms with Crippen LogP contribution in [-0.2, 0) is 0 Å². The SMILES string of the molecule is Brc1cnc(I)c(OC2CC2)c1. The highest BCUT2D eigenvalue weighted by Gasteiger charge is 2.24. The minimum absolute atomic E-state index is 0.439. The molecule has 4 heteroatoms. The van der Waals surface area contributed by atoms with Crippen molar-refractivity contribution < 1.29 is 4.74 Å². The molecule has 0 atom stereocenters. The van der Waals surface area contributed by atoms with Crippen molar-refractivity contribution in [2.75, 3.05) is 0 Å². The predicted molar refractivity (Wildman–Crippen MR) is 58.3 cm³/mol. The van der Waals surface area contributed by atoms with E-state index in [9.17, 15) is 0 Å². The van der Waals surface area contributed by atoms with Crippen LogP contribution in [0.3, 0.4) is 0 Å². The Balaban J connectivity index is 2.21. The molecule has 1 saturated carbocycles. The van der Waals surface area contributed by atoms with E-state index in [1.54, 1.807) is 6.20 Å². The van der Waals surface area contributed by atoms with Gasteiger partial charge in [-0.1, -0.05) is 0 Å². The number of halogens is 2. The molecule has 1 fully saturated rings. The molecule has 1 aliphatic rings. The van der Waals surface area contributed by atoms with Crippen LogP contribution in [0.1, 0.15) is 12.8 Å². The zero-order valence-corrected chi connectivity index (χ0v) is 10.0. The predicted octanol–water partition coefficient (Wildman–Crippen LogP) is 2.99. The van der Waals surface area contributed by atoms with Crippen molar-refractivity contribution in [3.05, 3.63) is 20.4 Å². The van der Waals surface area contributed by atoms with Crippen LogP contribution in [0.15, 0.2) is 16.7 Å². The molecule has 1 aliphatic carbocycles. The zero-order valence-electron chi connectivity index (χ0n) is 6.26. The van der Waals surface area contributed by atoms with Crippen molar-refractivity contribution in [1.29, 1.82) is 0 Å². The van der Waals surface area contributed by atoms with Gasteiger partial charge in [0.05, 0.1) is 6.10 Å². The van der Waals surface area contributed by atoms with E-state index in [1.807, 2.05) is 6.07 Å². The van der Waals surface area contributed by atoms with Crippen LogP contribution < -0.4 is 4.74 Å². The highest BCUT2D eigenvalue weighted by atomic mass is 127. The van der Waals surface area contributed by atoms with Gasteiger partial charge in [-0.25, -0.2) is 4.98 Å². The number of rotatable bonds is 2. The van der Waals surface area contributed by atoms with Crippen molar-refractivity contribution in [2.24, 2.45) is 0 Å². The fraction of sp³-hybridized carbons (Fsp3) is 0.375. The van der Waals surface area contributed by atoms with E-state index < -0.39 is 0 Å². The number of hydrogen-bond donors (Lipinski definition) is 0. The summed E-state index contributed by atoms with van der Waals surface area (Å²) in [6.07, 6.45) is 4.59. The zero-order chi connectivity index (χ0) is 8.55. The van der Waals surface area contributed by atoms with Crippen molar-refractivity contribution in [3.63, 3.8) is 0 Å². The summed E-state index contributed by atoms with van der Waals surface area (Å²) in [5.74, 6) is 0.896. The molecule has 64 valence electrons. The second kappa shape index (κ2) is 3.49. The fourth-order valence-electron chi connectivity index (χ4n) is 0.852. The molecule has 1 heterocycles. The Morgan fingerprint density at radius 2 is 2.33 bits per heavy atom. The second-order valence-corrected chi connectivity index (χ2v) is 4.70. The van der Waals surface area contributed by atoms with Crippen LogP contribution in [0.5, 0.6) is 5.75 Å². The van der Waals surface area contributed by atoms with Gasteiger partial charge in [-0.2, -0.15) is 0 Å². The van der Waals surface area contributed by atoms with Gasteiger partial charge >= 0.3 is 0 Å². The standard InChI is InChI=1S/C8H7BrINO/c9-5-3-7(8(10)11-4-5)12-6-1-2-6/h3-4,6H,1-2H2. The van der Waals surface area contributed by atoms with Gasteiger partial charge in [0.25, 0.3) is 0 Å². The number of pyridine rings is 1. The topological polar surface area (TPSA) is 22.1 Å². The summed E-state index contributed by atoms with van der Waals surface area (Å²) in [6.45, 7) is 0. The normalized spacial score (nSPS) is 16.2. The first-order valence-electron chi connectivity index (χ1n) is 3.73. The van der Waals surface area contributed by atoms with Gasteiger partial charge in [-0.05, 0) is 57.4 Å². The third-order valence-electron chi connectivity index (χ3n) is 1.59. The molecule has 0 aromatic carbocycles. The summed E-state index contributed by atoms with van der Waals surface area (Å²) in [5.41, 5.74) is 0. The molecule has 2 rings (SSSR count). The Morgan fingerprint density at radius 1 is 1.58 bits per heavy atom. The average molecular weight is 340 g/mol. The summed E-state index contributed by atoms with van der Waals surface area (Å²) in [4.78, 5) is 4.17. The van der Waals surface area contributed by atoms with Gasteiger partial charge in [0.1, 0.15) is 3.70 Å². The Bertz CT molecular complexity index is 301. The molecule has 12 heavy (non-hydrogen) atoms. The van der Waals surface area contributed by atoms with Crippen LogP contribution in [0.4, 0.5) is 0 Å². The second-order valence-electron chi connectivity index (χ2n) is 2.76. The van der Waals surface area contributed by atoms with E-state index in [2.05, 4.69) is 43.5 Å². The van der Waals surface area contributed by atoms with Gasteiger partial charge in [0.2, 0.25) is 0 Å². The molecule has 0 spiro atoms. The van der Waals surface area contributed by atoms with Gasteiger partial charge in [0.15, 0.2) is 5.75 Å². The number of aromatic nitrogens is 1. The Labute approximate surface area is 93.0 Å². The average Bonchev–Trinajstić information content (AvgIpc) is 2.81. The molecule has 2 nitrogen and oxygen atoms in total. The lowest BCUT2D eigenvalue weighted by atomic mass is 10.5. The lowest BCUT2D eigenvalue weighted by Crippen LogP contribution is -1.98. The molecule has 1 aromatic heterocycles. The van der Waals surface area contributed by atoms with Crippen LogP contribution in [-0.4, -0.2) is 11.1 Å². The van der Waals surface area contributed by atoms with Crippen LogP contribution in [0.2, 0.25) is 0 Å². The third kappa shape index (κ3) is 2.10. The number of ether oxygens (including phenoxy) is 1. The summed E-state index contributed by atoms with van der Waals surface area (Å²) in [7, 11) is 0. The largest absolute Gasteiger partial charge is 0.488 e. The van der Waals surface area contributed by atoms with Crippen molar-refractivity contribution >= 4 is 38.5 Å². The van der Waals surface area contributed by atoms with Crippen molar-refractivity contribution in [3.8, 4) is 5.75 Å². The summed E-state index contributed by atoms with van der Waals surface area (Å²) in [6, 6.07) is 1.97. The van der Waals surface area contributed by atoms with Gasteiger partial charge in [0, 0.05) is 10.7 Å². The fourth-order valence-corrected chi connectivity index (χ4v) is 1.58. The van der Waals surface area contributed by atoms with E-state index >= 15 is 0 Å². The maximum Gasteiger partial charge on any atom is 0.152 e. The molecule has 0 radical (unpaired) electrons. The molecule has 1 aromatic rings. The Kier molecular flexibility index (Phi) is 2.55. The van der Waals surface area contributed by atoms with E-state index in [0.29, 0.717) is 6.10 Å². The third-order valence-corrected chi connectivity index (χ3v) is 2.84. The molecule has 0 bridgehead atoms.